The van der Waals surface area contributed by atoms with Crippen LogP contribution in [0.1, 0.15) is 62.8 Å². The van der Waals surface area contributed by atoms with Crippen molar-refractivity contribution >= 4 is 12.2 Å². The summed E-state index contributed by atoms with van der Waals surface area (Å²) in [4.78, 5) is 18.7. The predicted molar refractivity (Wildman–Crippen MR) is 130 cm³/mol. The van der Waals surface area contributed by atoms with Gasteiger partial charge in [0.15, 0.2) is 0 Å². The minimum Gasteiger partial charge on any atom is -0.372 e. The number of aliphatic imine (C=N–C) groups is 1. The number of carbonyl (C=O) groups excluding carboxylic acids is 1. The van der Waals surface area contributed by atoms with Gasteiger partial charge < -0.3 is 10.1 Å². The van der Waals surface area contributed by atoms with Gasteiger partial charge in [-0.1, -0.05) is 24.3 Å². The first-order chi connectivity index (χ1) is 17.6. The fraction of sp³-hybridized carbons (Fsp3) is 0.556. The quantitative estimate of drug-likeness (QED) is 0.443. The molecule has 1 fully saturated rings. The van der Waals surface area contributed by atoms with E-state index in [0.717, 1.165) is 0 Å². The van der Waals surface area contributed by atoms with Crippen molar-refractivity contribution in [2.24, 2.45) is 10.9 Å². The molecule has 1 amide bonds. The molecule has 1 aromatic rings. The van der Waals surface area contributed by atoms with E-state index in [1.165, 1.54) is 6.92 Å². The summed E-state index contributed by atoms with van der Waals surface area (Å²) in [7, 11) is 0. The number of hydrogen-bond donors (Lipinski definition) is 1. The van der Waals surface area contributed by atoms with Crippen LogP contribution in [0.3, 0.4) is 0 Å². The maximum absolute atomic E-state index is 13.4. The van der Waals surface area contributed by atoms with Crippen molar-refractivity contribution in [3.05, 3.63) is 59.2 Å². The topological polar surface area (TPSA) is 53.9 Å². The SMILES string of the molecule is C[C@@H](OC[C@@]1(C2C=CC=CC2)CC[C@H](N2C=NC(C)(C)C2=O)CN1)c1cc(C(F)(F)F)cc(C(F)(F)F)c1. The number of piperidine rings is 1. The Labute approximate surface area is 217 Å². The second-order valence-corrected chi connectivity index (χ2v) is 10.7. The highest BCUT2D eigenvalue weighted by atomic mass is 19.4. The molecular weight excluding hydrogens is 512 g/mol. The fourth-order valence-corrected chi connectivity index (χ4v) is 5.18. The standard InChI is InChI=1S/C27H31F6N3O2/c1-17(18-11-20(26(28,29)30)13-21(12-18)27(31,32)33)38-15-25(19-7-5-4-6-8-19)10-9-22(14-34-25)36-16-35-24(2,3)23(36)37/h4-7,11-13,16-17,19,22,34H,8-10,14-15H2,1-3H3/t17-,19?,22+,25-/m1/s1. The fourth-order valence-electron chi connectivity index (χ4n) is 5.18. The van der Waals surface area contributed by atoms with E-state index in [2.05, 4.69) is 10.3 Å². The van der Waals surface area contributed by atoms with Crippen LogP contribution in [0.2, 0.25) is 0 Å². The summed E-state index contributed by atoms with van der Waals surface area (Å²) >= 11 is 0. The highest BCUT2D eigenvalue weighted by molar-refractivity contribution is 5.99. The highest BCUT2D eigenvalue weighted by Crippen LogP contribution is 2.40. The molecule has 2 aliphatic heterocycles. The number of ether oxygens (including phenoxy) is 1. The Hall–Kier alpha value is -2.66. The molecule has 1 aliphatic carbocycles. The third kappa shape index (κ3) is 5.83. The average molecular weight is 544 g/mol. The van der Waals surface area contributed by atoms with Crippen molar-refractivity contribution in [1.82, 2.24) is 10.2 Å². The smallest absolute Gasteiger partial charge is 0.372 e. The lowest BCUT2D eigenvalue weighted by Gasteiger charge is -2.47. The molecule has 1 saturated heterocycles. The van der Waals surface area contributed by atoms with Crippen molar-refractivity contribution in [2.75, 3.05) is 13.2 Å². The largest absolute Gasteiger partial charge is 0.416 e. The van der Waals surface area contributed by atoms with Crippen LogP contribution in [0.25, 0.3) is 0 Å². The van der Waals surface area contributed by atoms with E-state index in [1.54, 1.807) is 25.1 Å². The van der Waals surface area contributed by atoms with Crippen molar-refractivity contribution in [3.8, 4) is 0 Å². The average Bonchev–Trinajstić information content (AvgIpc) is 3.14. The minimum atomic E-state index is -4.93. The molecule has 1 N–H and O–H groups in total. The van der Waals surface area contributed by atoms with Gasteiger partial charge in [-0.3, -0.25) is 14.7 Å². The molecule has 0 radical (unpaired) electrons. The van der Waals surface area contributed by atoms with Gasteiger partial charge in [0.1, 0.15) is 5.54 Å². The van der Waals surface area contributed by atoms with Crippen LogP contribution < -0.4 is 5.32 Å². The summed E-state index contributed by atoms with van der Waals surface area (Å²) in [6.45, 7) is 5.46. The van der Waals surface area contributed by atoms with Gasteiger partial charge in [-0.05, 0) is 63.8 Å². The summed E-state index contributed by atoms with van der Waals surface area (Å²) in [5.74, 6) is -0.0977. The number of benzene rings is 1. The van der Waals surface area contributed by atoms with Gasteiger partial charge in [0.2, 0.25) is 0 Å². The third-order valence-electron chi connectivity index (χ3n) is 7.63. The van der Waals surface area contributed by atoms with Crippen LogP contribution in [-0.4, -0.2) is 47.4 Å². The Morgan fingerprint density at radius 2 is 1.76 bits per heavy atom. The maximum atomic E-state index is 13.4. The monoisotopic (exact) mass is 543 g/mol. The Morgan fingerprint density at radius 3 is 2.24 bits per heavy atom. The van der Waals surface area contributed by atoms with Crippen LogP contribution in [0.5, 0.6) is 0 Å². The lowest BCUT2D eigenvalue weighted by molar-refractivity contribution is -0.143. The number of rotatable bonds is 6. The zero-order valence-electron chi connectivity index (χ0n) is 21.4. The number of halogens is 6. The van der Waals surface area contributed by atoms with Crippen LogP contribution in [0.4, 0.5) is 26.3 Å². The molecule has 0 spiro atoms. The number of allylic oxidation sites excluding steroid dienone is 3. The summed E-state index contributed by atoms with van der Waals surface area (Å²) in [6.07, 6.45) is 0.463. The first-order valence-electron chi connectivity index (χ1n) is 12.5. The van der Waals surface area contributed by atoms with E-state index in [9.17, 15) is 31.1 Å². The summed E-state index contributed by atoms with van der Waals surface area (Å²) in [5.41, 5.74) is -4.37. The summed E-state index contributed by atoms with van der Waals surface area (Å²) in [5, 5.41) is 3.53. The Kier molecular flexibility index (Phi) is 7.57. The van der Waals surface area contributed by atoms with Crippen molar-refractivity contribution in [3.63, 3.8) is 0 Å². The molecular formula is C27H31F6N3O2. The van der Waals surface area contributed by atoms with Gasteiger partial charge in [-0.2, -0.15) is 26.3 Å². The number of hydrogen-bond acceptors (Lipinski definition) is 4. The molecule has 0 bridgehead atoms. The van der Waals surface area contributed by atoms with Gasteiger partial charge in [0.25, 0.3) is 5.91 Å². The molecule has 0 aromatic heterocycles. The molecule has 4 rings (SSSR count). The van der Waals surface area contributed by atoms with Gasteiger partial charge in [-0.25, -0.2) is 0 Å². The molecule has 38 heavy (non-hydrogen) atoms. The summed E-state index contributed by atoms with van der Waals surface area (Å²) < 4.78 is 86.1. The van der Waals surface area contributed by atoms with Crippen molar-refractivity contribution < 1.29 is 35.9 Å². The van der Waals surface area contributed by atoms with E-state index in [0.29, 0.717) is 37.9 Å². The number of alkyl halides is 6. The first kappa shape index (κ1) is 28.4. The molecule has 208 valence electrons. The summed E-state index contributed by atoms with van der Waals surface area (Å²) in [6, 6.07) is 1.41. The Morgan fingerprint density at radius 1 is 1.11 bits per heavy atom. The van der Waals surface area contributed by atoms with Crippen molar-refractivity contribution in [2.45, 2.75) is 75.6 Å². The minimum absolute atomic E-state index is 0.00715. The van der Waals surface area contributed by atoms with Gasteiger partial charge >= 0.3 is 12.4 Å². The maximum Gasteiger partial charge on any atom is 0.416 e. The molecule has 5 nitrogen and oxygen atoms in total. The molecule has 1 unspecified atom stereocenters. The lowest BCUT2D eigenvalue weighted by atomic mass is 9.74. The van der Waals surface area contributed by atoms with E-state index in [4.69, 9.17) is 4.74 Å². The van der Waals surface area contributed by atoms with Crippen LogP contribution >= 0.6 is 0 Å². The molecule has 3 aliphatic rings. The van der Waals surface area contributed by atoms with Crippen LogP contribution in [0, 0.1) is 5.92 Å². The second-order valence-electron chi connectivity index (χ2n) is 10.7. The molecule has 11 heteroatoms. The van der Waals surface area contributed by atoms with Crippen LogP contribution in [-0.2, 0) is 21.9 Å². The van der Waals surface area contributed by atoms with Crippen molar-refractivity contribution in [1.29, 1.82) is 0 Å². The van der Waals surface area contributed by atoms with E-state index in [1.807, 2.05) is 24.3 Å². The zero-order valence-corrected chi connectivity index (χ0v) is 21.4. The molecule has 4 atom stereocenters. The number of nitrogens with one attached hydrogen (secondary N) is 1. The molecule has 2 heterocycles. The lowest BCUT2D eigenvalue weighted by Crippen LogP contribution is -2.62. The predicted octanol–water partition coefficient (Wildman–Crippen LogP) is 6.07. The normalized spacial score (nSPS) is 28.2. The van der Waals surface area contributed by atoms with Gasteiger partial charge in [0.05, 0.1) is 36.2 Å². The number of carbonyl (C=O) groups is 1. The van der Waals surface area contributed by atoms with Gasteiger partial charge in [0, 0.05) is 18.0 Å². The van der Waals surface area contributed by atoms with E-state index < -0.39 is 40.7 Å². The molecule has 0 saturated carbocycles. The van der Waals surface area contributed by atoms with E-state index >= 15 is 0 Å². The Bertz CT molecular complexity index is 1100. The molecule has 1 aromatic carbocycles. The van der Waals surface area contributed by atoms with Crippen LogP contribution in [0.15, 0.2) is 47.5 Å². The second kappa shape index (κ2) is 10.1. The van der Waals surface area contributed by atoms with E-state index in [-0.39, 0.29) is 36.1 Å². The first-order valence-corrected chi connectivity index (χ1v) is 12.5. The highest BCUT2D eigenvalue weighted by Gasteiger charge is 2.46. The third-order valence-corrected chi connectivity index (χ3v) is 7.63. The number of nitrogens with zero attached hydrogens (tertiary/aromatic N) is 2. The number of amides is 1. The zero-order chi connectivity index (χ0) is 27.9. The Balaban J connectivity index is 1.53. The van der Waals surface area contributed by atoms with Gasteiger partial charge in [-0.15, -0.1) is 0 Å².